The molecule has 0 amide bonds. The summed E-state index contributed by atoms with van der Waals surface area (Å²) in [5, 5.41) is 3.65. The van der Waals surface area contributed by atoms with E-state index in [1.165, 1.54) is 6.07 Å². The topological polar surface area (TPSA) is 43.4 Å². The van der Waals surface area contributed by atoms with Crippen molar-refractivity contribution in [3.63, 3.8) is 0 Å². The van der Waals surface area contributed by atoms with Crippen molar-refractivity contribution < 1.29 is 13.9 Å². The second-order valence-corrected chi connectivity index (χ2v) is 8.34. The van der Waals surface area contributed by atoms with Gasteiger partial charge < -0.3 is 14.8 Å². The third-order valence-electron chi connectivity index (χ3n) is 6.02. The number of ether oxygens (including phenoxy) is 2. The van der Waals surface area contributed by atoms with E-state index < -0.39 is 0 Å². The minimum absolute atomic E-state index is 0.0271. The highest BCUT2D eigenvalue weighted by atomic mass is 35.5. The standard InChI is InChI=1S/C22H26ClFN2O2/c23-18-13-17(4-5-19(18)24)14-25-10-6-21(20-3-1-2-9-26-20)7-12-28-22(15-21)8-11-27-16-22/h1-5,9,13,25H,6-8,10-12,14-16H2/t21-,22?/m1/s1. The Morgan fingerprint density at radius 3 is 2.86 bits per heavy atom. The van der Waals surface area contributed by atoms with Gasteiger partial charge in [0.25, 0.3) is 0 Å². The smallest absolute Gasteiger partial charge is 0.141 e. The molecule has 0 bridgehead atoms. The van der Waals surface area contributed by atoms with Gasteiger partial charge in [0.05, 0.1) is 17.2 Å². The van der Waals surface area contributed by atoms with E-state index >= 15 is 0 Å². The van der Waals surface area contributed by atoms with Crippen molar-refractivity contribution in [2.45, 2.75) is 43.2 Å². The van der Waals surface area contributed by atoms with Gasteiger partial charge >= 0.3 is 0 Å². The molecular weight excluding hydrogens is 379 g/mol. The normalized spacial score (nSPS) is 27.4. The number of hydrogen-bond acceptors (Lipinski definition) is 4. The highest BCUT2D eigenvalue weighted by molar-refractivity contribution is 6.30. The van der Waals surface area contributed by atoms with Crippen LogP contribution < -0.4 is 5.32 Å². The Hall–Kier alpha value is -1.53. The highest BCUT2D eigenvalue weighted by Crippen LogP contribution is 2.46. The molecule has 1 N–H and O–H groups in total. The summed E-state index contributed by atoms with van der Waals surface area (Å²) in [6, 6.07) is 11.0. The van der Waals surface area contributed by atoms with E-state index in [0.29, 0.717) is 13.2 Å². The Balaban J connectivity index is 1.45. The quantitative estimate of drug-likeness (QED) is 0.730. The number of nitrogens with zero attached hydrogens (tertiary/aromatic N) is 1. The first-order valence-electron chi connectivity index (χ1n) is 9.89. The molecule has 2 atom stereocenters. The van der Waals surface area contributed by atoms with E-state index in [4.69, 9.17) is 26.1 Å². The first kappa shape index (κ1) is 19.8. The number of hydrogen-bond donors (Lipinski definition) is 1. The fourth-order valence-corrected chi connectivity index (χ4v) is 4.71. The molecule has 2 aromatic rings. The van der Waals surface area contributed by atoms with Crippen LogP contribution in [0, 0.1) is 5.82 Å². The van der Waals surface area contributed by atoms with Crippen LogP contribution in [0.1, 0.15) is 36.9 Å². The Labute approximate surface area is 170 Å². The molecule has 1 aromatic carbocycles. The summed E-state index contributed by atoms with van der Waals surface area (Å²) in [6.45, 7) is 3.66. The van der Waals surface area contributed by atoms with Crippen LogP contribution in [0.15, 0.2) is 42.6 Å². The van der Waals surface area contributed by atoms with Crippen LogP contribution >= 0.6 is 11.6 Å². The van der Waals surface area contributed by atoms with E-state index in [1.54, 1.807) is 12.1 Å². The lowest BCUT2D eigenvalue weighted by molar-refractivity contribution is -0.109. The lowest BCUT2D eigenvalue weighted by Crippen LogP contribution is -2.49. The minimum Gasteiger partial charge on any atom is -0.378 e. The predicted molar refractivity (Wildman–Crippen MR) is 107 cm³/mol. The van der Waals surface area contributed by atoms with Crippen LogP contribution in [0.2, 0.25) is 5.02 Å². The molecule has 4 rings (SSSR count). The number of pyridine rings is 1. The Bertz CT molecular complexity index is 798. The summed E-state index contributed by atoms with van der Waals surface area (Å²) in [7, 11) is 0. The van der Waals surface area contributed by atoms with Crippen LogP contribution in [-0.2, 0) is 21.4 Å². The first-order valence-corrected chi connectivity index (χ1v) is 10.3. The van der Waals surface area contributed by atoms with Gasteiger partial charge in [0.2, 0.25) is 0 Å². The van der Waals surface area contributed by atoms with Gasteiger partial charge in [0.15, 0.2) is 0 Å². The third-order valence-corrected chi connectivity index (χ3v) is 6.31. The molecular formula is C22H26ClFN2O2. The van der Waals surface area contributed by atoms with Crippen LogP contribution in [0.4, 0.5) is 4.39 Å². The van der Waals surface area contributed by atoms with Gasteiger partial charge in [-0.2, -0.15) is 0 Å². The fourth-order valence-electron chi connectivity index (χ4n) is 4.51. The summed E-state index contributed by atoms with van der Waals surface area (Å²) < 4.78 is 25.2. The molecule has 1 aromatic heterocycles. The average Bonchev–Trinajstić information content (AvgIpc) is 3.16. The van der Waals surface area contributed by atoms with Gasteiger partial charge in [0, 0.05) is 43.5 Å². The lowest BCUT2D eigenvalue weighted by atomic mass is 9.68. The first-order chi connectivity index (χ1) is 13.6. The predicted octanol–water partition coefficient (Wildman–Crippen LogP) is 4.26. The van der Waals surface area contributed by atoms with Gasteiger partial charge in [-0.3, -0.25) is 4.98 Å². The van der Waals surface area contributed by atoms with Crippen molar-refractivity contribution in [1.82, 2.24) is 10.3 Å². The molecule has 0 aliphatic carbocycles. The number of rotatable bonds is 6. The number of aromatic nitrogens is 1. The van der Waals surface area contributed by atoms with E-state index in [-0.39, 0.29) is 21.9 Å². The second-order valence-electron chi connectivity index (χ2n) is 7.93. The number of halogens is 2. The Kier molecular flexibility index (Phi) is 5.97. The summed E-state index contributed by atoms with van der Waals surface area (Å²) in [5.74, 6) is -0.384. The van der Waals surface area contributed by atoms with Crippen molar-refractivity contribution in [1.29, 1.82) is 0 Å². The zero-order valence-corrected chi connectivity index (χ0v) is 16.7. The zero-order valence-electron chi connectivity index (χ0n) is 15.9. The van der Waals surface area contributed by atoms with E-state index in [1.807, 2.05) is 12.3 Å². The van der Waals surface area contributed by atoms with Gasteiger partial charge in [-0.1, -0.05) is 23.7 Å². The molecule has 4 nitrogen and oxygen atoms in total. The van der Waals surface area contributed by atoms with Gasteiger partial charge in [-0.15, -0.1) is 0 Å². The molecule has 2 fully saturated rings. The van der Waals surface area contributed by atoms with E-state index in [2.05, 4.69) is 17.4 Å². The van der Waals surface area contributed by atoms with E-state index in [9.17, 15) is 4.39 Å². The maximum Gasteiger partial charge on any atom is 0.141 e. The van der Waals surface area contributed by atoms with Crippen molar-refractivity contribution in [3.8, 4) is 0 Å². The number of benzene rings is 1. The van der Waals surface area contributed by atoms with Crippen molar-refractivity contribution in [2.75, 3.05) is 26.4 Å². The maximum atomic E-state index is 13.3. The fraction of sp³-hybridized carbons (Fsp3) is 0.500. The van der Waals surface area contributed by atoms with Gasteiger partial charge in [-0.05, 0) is 55.6 Å². The monoisotopic (exact) mass is 404 g/mol. The van der Waals surface area contributed by atoms with Gasteiger partial charge in [0.1, 0.15) is 5.82 Å². The molecule has 0 radical (unpaired) electrons. The summed E-state index contributed by atoms with van der Waals surface area (Å²) >= 11 is 5.88. The van der Waals surface area contributed by atoms with Crippen molar-refractivity contribution >= 4 is 11.6 Å². The third kappa shape index (κ3) is 4.23. The molecule has 2 aliphatic rings. The van der Waals surface area contributed by atoms with Crippen LogP contribution in [0.25, 0.3) is 0 Å². The lowest BCUT2D eigenvalue weighted by Gasteiger charge is -2.45. The van der Waals surface area contributed by atoms with Crippen LogP contribution in [-0.4, -0.2) is 37.0 Å². The maximum absolute atomic E-state index is 13.3. The summed E-state index contributed by atoms with van der Waals surface area (Å²) in [5.41, 5.74) is 1.91. The Morgan fingerprint density at radius 2 is 2.11 bits per heavy atom. The Morgan fingerprint density at radius 1 is 1.18 bits per heavy atom. The van der Waals surface area contributed by atoms with Crippen molar-refractivity contribution in [2.24, 2.45) is 0 Å². The summed E-state index contributed by atoms with van der Waals surface area (Å²) in [4.78, 5) is 4.70. The van der Waals surface area contributed by atoms with Crippen molar-refractivity contribution in [3.05, 3.63) is 64.7 Å². The molecule has 2 aliphatic heterocycles. The molecule has 0 saturated carbocycles. The molecule has 1 unspecified atom stereocenters. The second kappa shape index (κ2) is 8.46. The van der Waals surface area contributed by atoms with Gasteiger partial charge in [-0.25, -0.2) is 4.39 Å². The average molecular weight is 405 g/mol. The molecule has 150 valence electrons. The number of nitrogens with one attached hydrogen (secondary N) is 1. The highest BCUT2D eigenvalue weighted by Gasteiger charge is 2.49. The molecule has 2 saturated heterocycles. The van der Waals surface area contributed by atoms with Crippen LogP contribution in [0.5, 0.6) is 0 Å². The van der Waals surface area contributed by atoms with E-state index in [0.717, 1.165) is 56.7 Å². The molecule has 1 spiro atoms. The molecule has 6 heteroatoms. The largest absolute Gasteiger partial charge is 0.378 e. The minimum atomic E-state index is -0.384. The molecule has 3 heterocycles. The van der Waals surface area contributed by atoms with Crippen LogP contribution in [0.3, 0.4) is 0 Å². The SMILES string of the molecule is Fc1ccc(CNCC[C@@]2(c3ccccn3)CCOC3(CCOC3)C2)cc1Cl. The molecule has 28 heavy (non-hydrogen) atoms. The summed E-state index contributed by atoms with van der Waals surface area (Å²) in [6.07, 6.45) is 5.67. The zero-order chi connectivity index (χ0) is 19.5.